The third-order valence-electron chi connectivity index (χ3n) is 4.52. The maximum absolute atomic E-state index is 6.16. The van der Waals surface area contributed by atoms with Gasteiger partial charge in [0, 0.05) is 29.9 Å². The molecular weight excluding hydrogens is 232 g/mol. The number of nitrogens with two attached hydrogens (primary N) is 1. The summed E-state index contributed by atoms with van der Waals surface area (Å²) in [5.74, 6) is 1.25. The highest BCUT2D eigenvalue weighted by atomic mass is 32.2. The van der Waals surface area contributed by atoms with Crippen LogP contribution in [0, 0.1) is 0 Å². The molecule has 0 saturated carbocycles. The second-order valence-electron chi connectivity index (χ2n) is 5.43. The zero-order valence-corrected chi connectivity index (χ0v) is 12.1. The van der Waals surface area contributed by atoms with E-state index in [2.05, 4.69) is 37.4 Å². The van der Waals surface area contributed by atoms with Crippen LogP contribution in [0.1, 0.15) is 33.6 Å². The molecule has 0 aromatic heterocycles. The van der Waals surface area contributed by atoms with Gasteiger partial charge in [0.25, 0.3) is 0 Å². The molecule has 2 rings (SSSR count). The average molecular weight is 258 g/mol. The Balaban J connectivity index is 2.21. The van der Waals surface area contributed by atoms with Crippen LogP contribution in [-0.2, 0) is 4.74 Å². The number of thioether (sulfide) groups is 1. The molecule has 0 aliphatic carbocycles. The molecule has 2 aliphatic heterocycles. The number of rotatable bonds is 3. The Bertz CT molecular complexity index is 264. The minimum Gasteiger partial charge on any atom is -0.376 e. The molecule has 0 aromatic carbocycles. The Kier molecular flexibility index (Phi) is 4.40. The van der Waals surface area contributed by atoms with E-state index in [1.54, 1.807) is 0 Å². The summed E-state index contributed by atoms with van der Waals surface area (Å²) < 4.78 is 5.81. The molecule has 100 valence electrons. The van der Waals surface area contributed by atoms with Crippen molar-refractivity contribution < 1.29 is 4.74 Å². The van der Waals surface area contributed by atoms with Crippen molar-refractivity contribution in [3.8, 4) is 0 Å². The van der Waals surface area contributed by atoms with E-state index in [0.29, 0.717) is 17.4 Å². The van der Waals surface area contributed by atoms with Gasteiger partial charge in [0.05, 0.1) is 12.7 Å². The molecule has 2 heterocycles. The number of morpholine rings is 1. The lowest BCUT2D eigenvalue weighted by Gasteiger charge is -2.51. The zero-order chi connectivity index (χ0) is 12.5. The molecule has 2 fully saturated rings. The van der Waals surface area contributed by atoms with Crippen molar-refractivity contribution in [1.29, 1.82) is 0 Å². The van der Waals surface area contributed by atoms with Crippen molar-refractivity contribution >= 4 is 11.8 Å². The molecule has 3 nitrogen and oxygen atoms in total. The first kappa shape index (κ1) is 13.7. The number of nitrogens with zero attached hydrogens (tertiary/aromatic N) is 1. The molecular formula is C13H26N2OS. The van der Waals surface area contributed by atoms with Gasteiger partial charge in [-0.2, -0.15) is 11.8 Å². The summed E-state index contributed by atoms with van der Waals surface area (Å²) in [6.07, 6.45) is 2.74. The van der Waals surface area contributed by atoms with Gasteiger partial charge in [-0.1, -0.05) is 13.8 Å². The van der Waals surface area contributed by atoms with Gasteiger partial charge in [0.15, 0.2) is 0 Å². The zero-order valence-electron chi connectivity index (χ0n) is 11.3. The molecule has 0 amide bonds. The van der Waals surface area contributed by atoms with Gasteiger partial charge in [-0.3, -0.25) is 4.90 Å². The monoisotopic (exact) mass is 258 g/mol. The smallest absolute Gasteiger partial charge is 0.0675 e. The predicted molar refractivity (Wildman–Crippen MR) is 74.5 cm³/mol. The summed E-state index contributed by atoms with van der Waals surface area (Å²) in [6.45, 7) is 9.48. The maximum atomic E-state index is 6.16. The molecule has 4 unspecified atom stereocenters. The molecule has 0 bridgehead atoms. The number of ether oxygens (including phenoxy) is 1. The Hall–Kier alpha value is 0.230. The first-order valence-corrected chi connectivity index (χ1v) is 7.89. The van der Waals surface area contributed by atoms with Crippen molar-refractivity contribution in [1.82, 2.24) is 4.90 Å². The van der Waals surface area contributed by atoms with Gasteiger partial charge in [0.1, 0.15) is 0 Å². The van der Waals surface area contributed by atoms with Crippen molar-refractivity contribution in [2.24, 2.45) is 5.73 Å². The molecule has 2 saturated heterocycles. The topological polar surface area (TPSA) is 38.5 Å². The second-order valence-corrected chi connectivity index (χ2v) is 6.88. The summed E-state index contributed by atoms with van der Waals surface area (Å²) in [4.78, 5) is 2.67. The fraction of sp³-hybridized carbons (Fsp3) is 1.00. The molecule has 2 N–H and O–H groups in total. The van der Waals surface area contributed by atoms with Crippen molar-refractivity contribution in [2.75, 3.05) is 25.4 Å². The standard InChI is InChI=1S/C13H26N2OS/c1-4-12-8-16-10(2)7-15(12)13(9-14)5-6-17-11(13)3/h10-12H,4-9,14H2,1-3H3. The molecule has 4 heteroatoms. The molecule has 0 spiro atoms. The molecule has 4 atom stereocenters. The Labute approximate surface area is 109 Å². The summed E-state index contributed by atoms with van der Waals surface area (Å²) in [6, 6.07) is 0.552. The summed E-state index contributed by atoms with van der Waals surface area (Å²) >= 11 is 2.07. The minimum absolute atomic E-state index is 0.212. The lowest BCUT2D eigenvalue weighted by molar-refractivity contribution is -0.0975. The third kappa shape index (κ3) is 2.37. The third-order valence-corrected chi connectivity index (χ3v) is 5.90. The van der Waals surface area contributed by atoms with Gasteiger partial charge in [-0.05, 0) is 25.5 Å². The van der Waals surface area contributed by atoms with Gasteiger partial charge >= 0.3 is 0 Å². The van der Waals surface area contributed by atoms with Crippen LogP contribution < -0.4 is 5.73 Å². The molecule has 0 radical (unpaired) electrons. The average Bonchev–Trinajstić information content (AvgIpc) is 2.71. The quantitative estimate of drug-likeness (QED) is 0.836. The van der Waals surface area contributed by atoms with E-state index in [1.165, 1.54) is 12.2 Å². The van der Waals surface area contributed by atoms with Crippen LogP contribution in [0.5, 0.6) is 0 Å². The van der Waals surface area contributed by atoms with E-state index in [9.17, 15) is 0 Å². The Morgan fingerprint density at radius 3 is 2.76 bits per heavy atom. The van der Waals surface area contributed by atoms with Crippen LogP contribution in [0.3, 0.4) is 0 Å². The van der Waals surface area contributed by atoms with Crippen LogP contribution in [0.15, 0.2) is 0 Å². The van der Waals surface area contributed by atoms with Gasteiger partial charge in [-0.15, -0.1) is 0 Å². The van der Waals surface area contributed by atoms with E-state index in [-0.39, 0.29) is 5.54 Å². The van der Waals surface area contributed by atoms with Crippen LogP contribution in [0.25, 0.3) is 0 Å². The summed E-state index contributed by atoms with van der Waals surface area (Å²) in [5, 5.41) is 0.645. The molecule has 0 aromatic rings. The number of hydrogen-bond acceptors (Lipinski definition) is 4. The van der Waals surface area contributed by atoms with Crippen molar-refractivity contribution in [3.05, 3.63) is 0 Å². The maximum Gasteiger partial charge on any atom is 0.0675 e. The largest absolute Gasteiger partial charge is 0.376 e. The second kappa shape index (κ2) is 5.47. The van der Waals surface area contributed by atoms with E-state index < -0.39 is 0 Å². The Morgan fingerprint density at radius 2 is 2.24 bits per heavy atom. The normalized spacial score (nSPS) is 44.1. The SMILES string of the molecule is CCC1COC(C)CN1C1(CN)CCSC1C. The van der Waals surface area contributed by atoms with E-state index in [4.69, 9.17) is 10.5 Å². The highest BCUT2D eigenvalue weighted by molar-refractivity contribution is 8.00. The van der Waals surface area contributed by atoms with E-state index >= 15 is 0 Å². The van der Waals surface area contributed by atoms with E-state index in [1.807, 2.05) is 0 Å². The van der Waals surface area contributed by atoms with Crippen molar-refractivity contribution in [2.45, 2.75) is 56.5 Å². The van der Waals surface area contributed by atoms with Crippen LogP contribution in [-0.4, -0.2) is 53.3 Å². The van der Waals surface area contributed by atoms with Crippen molar-refractivity contribution in [3.63, 3.8) is 0 Å². The highest BCUT2D eigenvalue weighted by Gasteiger charge is 2.48. The highest BCUT2D eigenvalue weighted by Crippen LogP contribution is 2.41. The Morgan fingerprint density at radius 1 is 1.47 bits per heavy atom. The first-order valence-electron chi connectivity index (χ1n) is 6.84. The predicted octanol–water partition coefficient (Wildman–Crippen LogP) is 1.71. The van der Waals surface area contributed by atoms with E-state index in [0.717, 1.165) is 26.1 Å². The van der Waals surface area contributed by atoms with Crippen LogP contribution in [0.2, 0.25) is 0 Å². The molecule has 2 aliphatic rings. The lowest BCUT2D eigenvalue weighted by atomic mass is 9.87. The van der Waals surface area contributed by atoms with Gasteiger partial charge in [-0.25, -0.2) is 0 Å². The number of hydrogen-bond donors (Lipinski definition) is 1. The van der Waals surface area contributed by atoms with Crippen LogP contribution >= 0.6 is 11.8 Å². The first-order chi connectivity index (χ1) is 8.14. The van der Waals surface area contributed by atoms with Gasteiger partial charge < -0.3 is 10.5 Å². The molecule has 17 heavy (non-hydrogen) atoms. The summed E-state index contributed by atoms with van der Waals surface area (Å²) in [5.41, 5.74) is 6.37. The van der Waals surface area contributed by atoms with Crippen LogP contribution in [0.4, 0.5) is 0 Å². The van der Waals surface area contributed by atoms with Gasteiger partial charge in [0.2, 0.25) is 0 Å². The lowest BCUT2D eigenvalue weighted by Crippen LogP contribution is -2.65. The minimum atomic E-state index is 0.212. The summed E-state index contributed by atoms with van der Waals surface area (Å²) in [7, 11) is 0. The fourth-order valence-electron chi connectivity index (χ4n) is 3.26. The fourth-order valence-corrected chi connectivity index (χ4v) is 4.75.